The molecule has 94 valence electrons. The molecule has 0 aromatic carbocycles. The van der Waals surface area contributed by atoms with Gasteiger partial charge in [-0.2, -0.15) is 0 Å². The fourth-order valence-corrected chi connectivity index (χ4v) is 2.96. The van der Waals surface area contributed by atoms with Gasteiger partial charge in [0.2, 0.25) is 0 Å². The van der Waals surface area contributed by atoms with Crippen molar-refractivity contribution in [2.45, 2.75) is 46.0 Å². The SMILES string of the molecule is CC(C)C(C(=O)O)(C(=O)O)C1CCCCC1.[H-].[Li+]. The smallest absolute Gasteiger partial charge is 1.00 e. The summed E-state index contributed by atoms with van der Waals surface area (Å²) in [6, 6.07) is 0. The van der Waals surface area contributed by atoms with Gasteiger partial charge in [0.05, 0.1) is 0 Å². The largest absolute Gasteiger partial charge is 1.00 e. The predicted molar refractivity (Wildman–Crippen MR) is 60.2 cm³/mol. The van der Waals surface area contributed by atoms with Crippen LogP contribution in [0.15, 0.2) is 0 Å². The van der Waals surface area contributed by atoms with Crippen LogP contribution in [0, 0.1) is 17.3 Å². The van der Waals surface area contributed by atoms with Crippen LogP contribution in [-0.2, 0) is 9.59 Å². The predicted octanol–water partition coefficient (Wildman–Crippen LogP) is -0.505. The molecule has 17 heavy (non-hydrogen) atoms. The third kappa shape index (κ3) is 2.86. The van der Waals surface area contributed by atoms with E-state index in [1.165, 1.54) is 0 Å². The number of carboxylic acid groups (broad SMARTS) is 2. The number of carboxylic acids is 2. The Morgan fingerprint density at radius 3 is 1.82 bits per heavy atom. The molecule has 0 aromatic rings. The van der Waals surface area contributed by atoms with Gasteiger partial charge in [-0.25, -0.2) is 0 Å². The molecular formula is C12H21LiO4. The van der Waals surface area contributed by atoms with Crippen molar-refractivity contribution in [2.75, 3.05) is 0 Å². The van der Waals surface area contributed by atoms with Crippen molar-refractivity contribution in [2.24, 2.45) is 17.3 Å². The van der Waals surface area contributed by atoms with Crippen LogP contribution in [0.4, 0.5) is 0 Å². The third-order valence-corrected chi connectivity index (χ3v) is 3.87. The topological polar surface area (TPSA) is 74.6 Å². The molecule has 1 aliphatic rings. The maximum absolute atomic E-state index is 11.4. The molecule has 2 N–H and O–H groups in total. The van der Waals surface area contributed by atoms with E-state index in [9.17, 15) is 19.8 Å². The number of hydrogen-bond donors (Lipinski definition) is 2. The molecule has 1 saturated carbocycles. The van der Waals surface area contributed by atoms with Crippen molar-refractivity contribution in [1.82, 2.24) is 0 Å². The molecule has 0 spiro atoms. The fourth-order valence-electron chi connectivity index (χ4n) is 2.96. The van der Waals surface area contributed by atoms with Gasteiger partial charge in [-0.15, -0.1) is 0 Å². The zero-order valence-electron chi connectivity index (χ0n) is 11.9. The van der Waals surface area contributed by atoms with Gasteiger partial charge >= 0.3 is 30.8 Å². The first-order chi connectivity index (χ1) is 7.44. The Hall–Kier alpha value is -0.463. The van der Waals surface area contributed by atoms with Crippen molar-refractivity contribution >= 4 is 11.9 Å². The zero-order valence-corrected chi connectivity index (χ0v) is 10.9. The minimum Gasteiger partial charge on any atom is -1.00 e. The van der Waals surface area contributed by atoms with E-state index in [4.69, 9.17) is 0 Å². The Morgan fingerprint density at radius 2 is 1.53 bits per heavy atom. The minimum absolute atomic E-state index is 0. The average molecular weight is 236 g/mol. The van der Waals surface area contributed by atoms with Crippen molar-refractivity contribution in [3.63, 3.8) is 0 Å². The Kier molecular flexibility index (Phi) is 6.29. The van der Waals surface area contributed by atoms with Crippen LogP contribution >= 0.6 is 0 Å². The summed E-state index contributed by atoms with van der Waals surface area (Å²) in [4.78, 5) is 22.8. The molecule has 5 heteroatoms. The Morgan fingerprint density at radius 1 is 1.12 bits per heavy atom. The molecule has 1 aliphatic carbocycles. The summed E-state index contributed by atoms with van der Waals surface area (Å²) in [5, 5.41) is 18.7. The summed E-state index contributed by atoms with van der Waals surface area (Å²) < 4.78 is 0. The van der Waals surface area contributed by atoms with Crippen molar-refractivity contribution in [3.8, 4) is 0 Å². The van der Waals surface area contributed by atoms with E-state index in [0.29, 0.717) is 0 Å². The first-order valence-electron chi connectivity index (χ1n) is 5.90. The second kappa shape index (κ2) is 6.46. The second-order valence-corrected chi connectivity index (χ2v) is 4.97. The summed E-state index contributed by atoms with van der Waals surface area (Å²) in [7, 11) is 0. The van der Waals surface area contributed by atoms with Gasteiger partial charge < -0.3 is 11.6 Å². The molecule has 0 radical (unpaired) electrons. The molecule has 0 amide bonds. The molecule has 0 saturated heterocycles. The van der Waals surface area contributed by atoms with E-state index in [1.54, 1.807) is 13.8 Å². The van der Waals surface area contributed by atoms with Crippen LogP contribution in [0.2, 0.25) is 0 Å². The van der Waals surface area contributed by atoms with Gasteiger partial charge in [0.1, 0.15) is 0 Å². The van der Waals surface area contributed by atoms with E-state index in [2.05, 4.69) is 0 Å². The van der Waals surface area contributed by atoms with E-state index in [0.717, 1.165) is 32.1 Å². The van der Waals surface area contributed by atoms with Crippen molar-refractivity contribution in [3.05, 3.63) is 0 Å². The van der Waals surface area contributed by atoms with Crippen molar-refractivity contribution < 1.29 is 40.1 Å². The molecular weight excluding hydrogens is 215 g/mol. The number of aliphatic carboxylic acids is 2. The Bertz CT molecular complexity index is 274. The zero-order chi connectivity index (χ0) is 12.3. The van der Waals surface area contributed by atoms with Crippen LogP contribution < -0.4 is 18.9 Å². The van der Waals surface area contributed by atoms with Gasteiger partial charge in [-0.05, 0) is 24.7 Å². The molecule has 4 nitrogen and oxygen atoms in total. The minimum atomic E-state index is -1.60. The molecule has 0 bridgehead atoms. The first-order valence-corrected chi connectivity index (χ1v) is 5.90. The van der Waals surface area contributed by atoms with E-state index in [1.807, 2.05) is 0 Å². The van der Waals surface area contributed by atoms with Crippen LogP contribution in [0.5, 0.6) is 0 Å². The molecule has 0 aliphatic heterocycles. The molecule has 0 atom stereocenters. The normalized spacial score (nSPS) is 17.6. The van der Waals surface area contributed by atoms with Crippen LogP contribution in [0.1, 0.15) is 47.4 Å². The summed E-state index contributed by atoms with van der Waals surface area (Å²) in [5.74, 6) is -2.97. The van der Waals surface area contributed by atoms with Gasteiger partial charge in [0.15, 0.2) is 5.41 Å². The summed E-state index contributed by atoms with van der Waals surface area (Å²) in [6.45, 7) is 3.38. The number of hydrogen-bond acceptors (Lipinski definition) is 2. The van der Waals surface area contributed by atoms with Crippen LogP contribution in [0.25, 0.3) is 0 Å². The fraction of sp³-hybridized carbons (Fsp3) is 0.833. The number of carbonyl (C=O) groups is 2. The molecule has 0 unspecified atom stereocenters. The maximum Gasteiger partial charge on any atom is 1.00 e. The standard InChI is InChI=1S/C12H20O4.Li.H/c1-8(2)12(10(13)14,11(15)16)9-6-4-3-5-7-9;;/h8-9H,3-7H2,1-2H3,(H,13,14)(H,15,16);;/q;+1;-1. The van der Waals surface area contributed by atoms with Crippen molar-refractivity contribution in [1.29, 1.82) is 0 Å². The van der Waals surface area contributed by atoms with Gasteiger partial charge in [0.25, 0.3) is 0 Å². The van der Waals surface area contributed by atoms with Gasteiger partial charge in [-0.3, -0.25) is 9.59 Å². The average Bonchev–Trinajstić information content (AvgIpc) is 2.18. The summed E-state index contributed by atoms with van der Waals surface area (Å²) in [6.07, 6.45) is 4.41. The Balaban J connectivity index is 0. The van der Waals surface area contributed by atoms with E-state index < -0.39 is 17.4 Å². The molecule has 1 rings (SSSR count). The summed E-state index contributed by atoms with van der Waals surface area (Å²) >= 11 is 0. The third-order valence-electron chi connectivity index (χ3n) is 3.87. The van der Waals surface area contributed by atoms with Crippen LogP contribution in [0.3, 0.4) is 0 Å². The Labute approximate surface area is 115 Å². The van der Waals surface area contributed by atoms with Gasteiger partial charge in [-0.1, -0.05) is 33.1 Å². The molecule has 1 fully saturated rings. The summed E-state index contributed by atoms with van der Waals surface area (Å²) in [5.41, 5.74) is -1.60. The monoisotopic (exact) mass is 236 g/mol. The molecule has 0 aromatic heterocycles. The second-order valence-electron chi connectivity index (χ2n) is 4.97. The first kappa shape index (κ1) is 16.5. The quantitative estimate of drug-likeness (QED) is 0.509. The van der Waals surface area contributed by atoms with E-state index in [-0.39, 0.29) is 32.1 Å². The maximum atomic E-state index is 11.4. The van der Waals surface area contributed by atoms with Gasteiger partial charge in [0, 0.05) is 0 Å². The van der Waals surface area contributed by atoms with E-state index >= 15 is 0 Å². The van der Waals surface area contributed by atoms with Crippen LogP contribution in [-0.4, -0.2) is 22.2 Å². The number of rotatable bonds is 4. The molecule has 0 heterocycles.